The van der Waals surface area contributed by atoms with Gasteiger partial charge in [0.15, 0.2) is 10.9 Å². The zero-order valence-electron chi connectivity index (χ0n) is 21.3. The predicted molar refractivity (Wildman–Crippen MR) is 149 cm³/mol. The molecule has 0 unspecified atom stereocenters. The standard InChI is InChI=1S/C26H27N5O5S2/c1-29-21(27)20(23(33)30(2)26(29)35)17(32)13-37-25-28-22-19(16-10-5-4-6-11-18(16)38-22)24(34)31(25)14-8-7-9-15(12-14)36-3/h7-9,12H,4-6,10-11,13,27H2,1-3H3. The zero-order valence-corrected chi connectivity index (χ0v) is 22.9. The van der Waals surface area contributed by atoms with Gasteiger partial charge in [0.05, 0.1) is 23.9 Å². The Morgan fingerprint density at radius 3 is 2.63 bits per heavy atom. The lowest BCUT2D eigenvalue weighted by atomic mass is 10.1. The number of carbonyl (C=O) groups excluding carboxylic acids is 1. The van der Waals surface area contributed by atoms with Crippen molar-refractivity contribution in [1.29, 1.82) is 0 Å². The van der Waals surface area contributed by atoms with Crippen molar-refractivity contribution in [2.24, 2.45) is 14.1 Å². The molecule has 4 aromatic rings. The number of methoxy groups -OCH3 is 1. The van der Waals surface area contributed by atoms with Crippen molar-refractivity contribution in [2.45, 2.75) is 37.3 Å². The molecule has 0 atom stereocenters. The van der Waals surface area contributed by atoms with Gasteiger partial charge in [-0.25, -0.2) is 9.78 Å². The summed E-state index contributed by atoms with van der Waals surface area (Å²) in [4.78, 5) is 58.8. The van der Waals surface area contributed by atoms with Gasteiger partial charge in [0.25, 0.3) is 11.1 Å². The molecule has 0 aliphatic heterocycles. The summed E-state index contributed by atoms with van der Waals surface area (Å²) in [7, 11) is 4.25. The van der Waals surface area contributed by atoms with Crippen LogP contribution in [-0.2, 0) is 26.9 Å². The van der Waals surface area contributed by atoms with E-state index >= 15 is 0 Å². The van der Waals surface area contributed by atoms with Crippen LogP contribution in [0.2, 0.25) is 0 Å². The molecule has 1 aliphatic rings. The number of hydrogen-bond donors (Lipinski definition) is 1. The number of ketones is 1. The number of rotatable bonds is 6. The molecule has 0 bridgehead atoms. The van der Waals surface area contributed by atoms with E-state index in [4.69, 9.17) is 15.5 Å². The van der Waals surface area contributed by atoms with Gasteiger partial charge in [-0.1, -0.05) is 24.2 Å². The number of hydrogen-bond acceptors (Lipinski definition) is 9. The summed E-state index contributed by atoms with van der Waals surface area (Å²) in [5, 5.41) is 0.947. The monoisotopic (exact) mass is 553 g/mol. The number of anilines is 1. The molecular weight excluding hydrogens is 526 g/mol. The first kappa shape index (κ1) is 26.0. The fraction of sp³-hybridized carbons (Fsp3) is 0.346. The highest BCUT2D eigenvalue weighted by Gasteiger charge is 2.25. The van der Waals surface area contributed by atoms with Crippen LogP contribution in [0.3, 0.4) is 0 Å². The van der Waals surface area contributed by atoms with Gasteiger partial charge < -0.3 is 10.5 Å². The molecule has 0 amide bonds. The molecule has 3 heterocycles. The van der Waals surface area contributed by atoms with Crippen molar-refractivity contribution in [2.75, 3.05) is 18.6 Å². The van der Waals surface area contributed by atoms with Gasteiger partial charge in [-0.2, -0.15) is 0 Å². The number of aryl methyl sites for hydroxylation is 2. The summed E-state index contributed by atoms with van der Waals surface area (Å²) in [6, 6.07) is 7.10. The maximum atomic E-state index is 14.0. The largest absolute Gasteiger partial charge is 0.497 e. The van der Waals surface area contributed by atoms with E-state index in [2.05, 4.69) is 0 Å². The van der Waals surface area contributed by atoms with Crippen LogP contribution in [0.5, 0.6) is 5.75 Å². The first-order chi connectivity index (χ1) is 18.2. The number of Topliss-reactive ketones (excluding diaryl/α,β-unsaturated/α-hetero) is 1. The Kier molecular flexibility index (Phi) is 7.01. The summed E-state index contributed by atoms with van der Waals surface area (Å²) in [5.41, 5.74) is 5.78. The van der Waals surface area contributed by atoms with Crippen LogP contribution in [0.1, 0.15) is 40.1 Å². The highest BCUT2D eigenvalue weighted by molar-refractivity contribution is 7.99. The van der Waals surface area contributed by atoms with Crippen molar-refractivity contribution < 1.29 is 9.53 Å². The van der Waals surface area contributed by atoms with E-state index in [9.17, 15) is 19.2 Å². The fourth-order valence-corrected chi connectivity index (χ4v) is 6.95. The van der Waals surface area contributed by atoms with Crippen LogP contribution in [0.15, 0.2) is 43.8 Å². The Hall–Kier alpha value is -3.64. The topological polar surface area (TPSA) is 131 Å². The molecule has 1 aliphatic carbocycles. The normalized spacial score (nSPS) is 13.3. The summed E-state index contributed by atoms with van der Waals surface area (Å²) in [6.07, 6.45) is 4.99. The van der Waals surface area contributed by atoms with Gasteiger partial charge in [0.1, 0.15) is 22.0 Å². The van der Waals surface area contributed by atoms with E-state index in [0.29, 0.717) is 26.8 Å². The summed E-state index contributed by atoms with van der Waals surface area (Å²) < 4.78 is 8.79. The highest BCUT2D eigenvalue weighted by Crippen LogP contribution is 2.35. The lowest BCUT2D eigenvalue weighted by Gasteiger charge is -2.14. The third kappa shape index (κ3) is 4.37. The van der Waals surface area contributed by atoms with Crippen molar-refractivity contribution in [3.63, 3.8) is 0 Å². The average molecular weight is 554 g/mol. The molecule has 10 nitrogen and oxygen atoms in total. The summed E-state index contributed by atoms with van der Waals surface area (Å²) in [6.45, 7) is 0. The Bertz CT molecular complexity index is 1770. The first-order valence-electron chi connectivity index (χ1n) is 12.2. The molecule has 2 N–H and O–H groups in total. The molecule has 12 heteroatoms. The quantitative estimate of drug-likeness (QED) is 0.167. The summed E-state index contributed by atoms with van der Waals surface area (Å²) in [5.74, 6) is -0.381. The molecule has 198 valence electrons. The van der Waals surface area contributed by atoms with Gasteiger partial charge in [0.2, 0.25) is 0 Å². The Labute approximate surface area is 225 Å². The molecule has 0 spiro atoms. The third-order valence-electron chi connectivity index (χ3n) is 6.84. The number of benzene rings is 1. The van der Waals surface area contributed by atoms with E-state index in [1.165, 1.54) is 34.9 Å². The van der Waals surface area contributed by atoms with E-state index < -0.39 is 17.0 Å². The SMILES string of the molecule is COc1cccc(-n2c(SCC(=O)c3c(N)n(C)c(=O)n(C)c3=O)nc3sc4c(c3c2=O)CCCCC4)c1. The van der Waals surface area contributed by atoms with E-state index in [0.717, 1.165) is 58.6 Å². The molecule has 3 aromatic heterocycles. The van der Waals surface area contributed by atoms with Gasteiger partial charge in [0, 0.05) is 25.0 Å². The number of ether oxygens (including phenoxy) is 1. The van der Waals surface area contributed by atoms with Crippen LogP contribution in [0.25, 0.3) is 15.9 Å². The number of thioether (sulfide) groups is 1. The van der Waals surface area contributed by atoms with Crippen LogP contribution < -0.4 is 27.3 Å². The number of nitrogen functional groups attached to an aromatic ring is 1. The van der Waals surface area contributed by atoms with Crippen LogP contribution in [-0.4, -0.2) is 37.3 Å². The summed E-state index contributed by atoms with van der Waals surface area (Å²) >= 11 is 2.58. The van der Waals surface area contributed by atoms with Crippen molar-refractivity contribution in [3.8, 4) is 11.4 Å². The van der Waals surface area contributed by atoms with E-state index in [1.807, 2.05) is 0 Å². The number of nitrogens with zero attached hydrogens (tertiary/aromatic N) is 4. The van der Waals surface area contributed by atoms with Crippen molar-refractivity contribution in [1.82, 2.24) is 18.7 Å². The third-order valence-corrected chi connectivity index (χ3v) is 8.97. The first-order valence-corrected chi connectivity index (χ1v) is 14.0. The van der Waals surface area contributed by atoms with E-state index in [1.54, 1.807) is 31.4 Å². The minimum Gasteiger partial charge on any atom is -0.497 e. The Balaban J connectivity index is 1.63. The highest BCUT2D eigenvalue weighted by atomic mass is 32.2. The molecule has 0 saturated heterocycles. The van der Waals surface area contributed by atoms with Gasteiger partial charge in [-0.15, -0.1) is 11.3 Å². The maximum Gasteiger partial charge on any atom is 0.332 e. The number of carbonyl (C=O) groups is 1. The predicted octanol–water partition coefficient (Wildman–Crippen LogP) is 2.68. The molecular formula is C26H27N5O5S2. The molecule has 0 radical (unpaired) electrons. The number of nitrogens with two attached hydrogens (primary N) is 1. The van der Waals surface area contributed by atoms with Crippen molar-refractivity contribution >= 4 is 44.9 Å². The minimum atomic E-state index is -0.758. The molecule has 38 heavy (non-hydrogen) atoms. The van der Waals surface area contributed by atoms with E-state index in [-0.39, 0.29) is 22.7 Å². The van der Waals surface area contributed by atoms with Gasteiger partial charge in [-0.3, -0.25) is 28.1 Å². The maximum absolute atomic E-state index is 14.0. The zero-order chi connectivity index (χ0) is 27.1. The lowest BCUT2D eigenvalue weighted by molar-refractivity contribution is 0.102. The van der Waals surface area contributed by atoms with Crippen LogP contribution >= 0.6 is 23.1 Å². The van der Waals surface area contributed by atoms with Crippen LogP contribution in [0, 0.1) is 0 Å². The molecule has 1 aromatic carbocycles. The van der Waals surface area contributed by atoms with Gasteiger partial charge in [-0.05, 0) is 43.4 Å². The van der Waals surface area contributed by atoms with Crippen molar-refractivity contribution in [3.05, 3.63) is 71.5 Å². The molecule has 5 rings (SSSR count). The smallest absolute Gasteiger partial charge is 0.332 e. The number of fused-ring (bicyclic) bond motifs is 3. The fourth-order valence-electron chi connectivity index (χ4n) is 4.76. The molecule has 0 fully saturated rings. The lowest BCUT2D eigenvalue weighted by Crippen LogP contribution is -2.41. The second-order valence-corrected chi connectivity index (χ2v) is 11.2. The number of thiophene rings is 1. The Morgan fingerprint density at radius 1 is 1.11 bits per heavy atom. The Morgan fingerprint density at radius 2 is 1.87 bits per heavy atom. The number of aromatic nitrogens is 4. The second kappa shape index (κ2) is 10.3. The second-order valence-electron chi connectivity index (χ2n) is 9.16. The molecule has 0 saturated carbocycles. The van der Waals surface area contributed by atoms with Crippen LogP contribution in [0.4, 0.5) is 5.82 Å². The minimum absolute atomic E-state index is 0.195. The average Bonchev–Trinajstić information content (AvgIpc) is 3.10. The van der Waals surface area contributed by atoms with Gasteiger partial charge >= 0.3 is 5.69 Å².